The molecule has 0 saturated heterocycles. The summed E-state index contributed by atoms with van der Waals surface area (Å²) in [4.78, 5) is 0. The van der Waals surface area contributed by atoms with E-state index in [0.717, 1.165) is 6.07 Å². The van der Waals surface area contributed by atoms with E-state index >= 15 is 0 Å². The predicted molar refractivity (Wildman–Crippen MR) is 76.8 cm³/mol. The minimum absolute atomic E-state index is 0.0389. The van der Waals surface area contributed by atoms with E-state index < -0.39 is 23.6 Å². The van der Waals surface area contributed by atoms with Crippen LogP contribution in [0.3, 0.4) is 0 Å². The number of benzene rings is 2. The SMILES string of the molecule is OC(Cc1ccc(Br)cc1F)c1ccc(F)c(F)c1Br. The van der Waals surface area contributed by atoms with Crippen LogP contribution in [-0.4, -0.2) is 5.11 Å². The molecular weight excluding hydrogens is 401 g/mol. The zero-order valence-electron chi connectivity index (χ0n) is 10.0. The van der Waals surface area contributed by atoms with E-state index in [2.05, 4.69) is 31.9 Å². The third kappa shape index (κ3) is 3.24. The molecule has 1 N–H and O–H groups in total. The lowest BCUT2D eigenvalue weighted by molar-refractivity contribution is 0.175. The summed E-state index contributed by atoms with van der Waals surface area (Å²) < 4.78 is 40.5. The molecule has 0 aromatic heterocycles. The Bertz CT molecular complexity index is 647. The van der Waals surface area contributed by atoms with Crippen molar-refractivity contribution in [2.24, 2.45) is 0 Å². The lowest BCUT2D eigenvalue weighted by Gasteiger charge is -2.14. The summed E-state index contributed by atoms with van der Waals surface area (Å²) >= 11 is 6.03. The Morgan fingerprint density at radius 1 is 1.00 bits per heavy atom. The van der Waals surface area contributed by atoms with E-state index in [1.165, 1.54) is 18.2 Å². The highest BCUT2D eigenvalue weighted by molar-refractivity contribution is 9.10. The van der Waals surface area contributed by atoms with Crippen molar-refractivity contribution in [1.82, 2.24) is 0 Å². The van der Waals surface area contributed by atoms with E-state index in [0.29, 0.717) is 4.47 Å². The lowest BCUT2D eigenvalue weighted by atomic mass is 10.0. The average Bonchev–Trinajstić information content (AvgIpc) is 2.39. The van der Waals surface area contributed by atoms with E-state index in [-0.39, 0.29) is 22.0 Å². The molecule has 0 aliphatic rings. The van der Waals surface area contributed by atoms with E-state index in [1.54, 1.807) is 6.07 Å². The summed E-state index contributed by atoms with van der Waals surface area (Å²) in [5.74, 6) is -2.56. The number of halogens is 5. The van der Waals surface area contributed by atoms with Gasteiger partial charge in [-0.05, 0) is 45.3 Å². The normalized spacial score (nSPS) is 12.5. The Morgan fingerprint density at radius 3 is 2.35 bits per heavy atom. The van der Waals surface area contributed by atoms with Gasteiger partial charge in [-0.3, -0.25) is 0 Å². The minimum Gasteiger partial charge on any atom is -0.388 e. The van der Waals surface area contributed by atoms with Crippen LogP contribution in [-0.2, 0) is 6.42 Å². The molecule has 2 rings (SSSR count). The fourth-order valence-electron chi connectivity index (χ4n) is 1.80. The standard InChI is InChI=1S/C14H9Br2F3O/c15-8-2-1-7(11(18)6-8)5-12(20)9-3-4-10(17)14(19)13(9)16/h1-4,6,12,20H,5H2. The summed E-state index contributed by atoms with van der Waals surface area (Å²) in [6.45, 7) is 0. The van der Waals surface area contributed by atoms with Crippen molar-refractivity contribution < 1.29 is 18.3 Å². The maximum Gasteiger partial charge on any atom is 0.173 e. The topological polar surface area (TPSA) is 20.2 Å². The molecule has 0 heterocycles. The zero-order valence-corrected chi connectivity index (χ0v) is 13.2. The smallest absolute Gasteiger partial charge is 0.173 e. The second-order valence-electron chi connectivity index (χ2n) is 4.22. The van der Waals surface area contributed by atoms with Crippen molar-refractivity contribution in [1.29, 1.82) is 0 Å². The second-order valence-corrected chi connectivity index (χ2v) is 5.93. The number of rotatable bonds is 3. The van der Waals surface area contributed by atoms with Gasteiger partial charge in [0.25, 0.3) is 0 Å². The first-order valence-corrected chi connectivity index (χ1v) is 7.24. The first-order valence-electron chi connectivity index (χ1n) is 5.65. The zero-order chi connectivity index (χ0) is 14.9. The largest absolute Gasteiger partial charge is 0.388 e. The Labute approximate surface area is 130 Å². The van der Waals surface area contributed by atoms with Crippen LogP contribution >= 0.6 is 31.9 Å². The van der Waals surface area contributed by atoms with Crippen LogP contribution in [0.4, 0.5) is 13.2 Å². The van der Waals surface area contributed by atoms with Gasteiger partial charge in [-0.1, -0.05) is 28.1 Å². The molecule has 0 aliphatic carbocycles. The van der Waals surface area contributed by atoms with Crippen molar-refractivity contribution >= 4 is 31.9 Å². The molecule has 6 heteroatoms. The summed E-state index contributed by atoms with van der Waals surface area (Å²) in [6.07, 6.45) is -1.18. The molecule has 20 heavy (non-hydrogen) atoms. The third-order valence-corrected chi connectivity index (χ3v) is 4.15. The molecule has 2 aromatic rings. The monoisotopic (exact) mass is 408 g/mol. The molecule has 0 bridgehead atoms. The Hall–Kier alpha value is -0.850. The van der Waals surface area contributed by atoms with Gasteiger partial charge in [0.05, 0.1) is 10.6 Å². The van der Waals surface area contributed by atoms with Gasteiger partial charge in [0.2, 0.25) is 0 Å². The van der Waals surface area contributed by atoms with E-state index in [9.17, 15) is 18.3 Å². The van der Waals surface area contributed by atoms with Gasteiger partial charge >= 0.3 is 0 Å². The maximum absolute atomic E-state index is 13.7. The third-order valence-electron chi connectivity index (χ3n) is 2.85. The van der Waals surface area contributed by atoms with Crippen molar-refractivity contribution in [3.8, 4) is 0 Å². The van der Waals surface area contributed by atoms with Gasteiger partial charge in [-0.2, -0.15) is 0 Å². The van der Waals surface area contributed by atoms with Crippen LogP contribution in [0.25, 0.3) is 0 Å². The van der Waals surface area contributed by atoms with Gasteiger partial charge < -0.3 is 5.11 Å². The number of hydrogen-bond donors (Lipinski definition) is 1. The van der Waals surface area contributed by atoms with Crippen LogP contribution < -0.4 is 0 Å². The van der Waals surface area contributed by atoms with Gasteiger partial charge in [0.1, 0.15) is 5.82 Å². The van der Waals surface area contributed by atoms with E-state index in [4.69, 9.17) is 0 Å². The van der Waals surface area contributed by atoms with Crippen LogP contribution in [0.2, 0.25) is 0 Å². The fourth-order valence-corrected chi connectivity index (χ4v) is 2.72. The Morgan fingerprint density at radius 2 is 1.70 bits per heavy atom. The molecule has 1 nitrogen and oxygen atoms in total. The Balaban J connectivity index is 2.28. The number of aliphatic hydroxyl groups excluding tert-OH is 1. The highest BCUT2D eigenvalue weighted by atomic mass is 79.9. The molecule has 0 fully saturated rings. The van der Waals surface area contributed by atoms with Crippen LogP contribution in [0.15, 0.2) is 39.3 Å². The lowest BCUT2D eigenvalue weighted by Crippen LogP contribution is -2.06. The molecule has 1 unspecified atom stereocenters. The minimum atomic E-state index is -1.14. The maximum atomic E-state index is 13.7. The highest BCUT2D eigenvalue weighted by Gasteiger charge is 2.18. The second kappa shape index (κ2) is 6.28. The quantitative estimate of drug-likeness (QED) is 0.714. The highest BCUT2D eigenvalue weighted by Crippen LogP contribution is 2.30. The van der Waals surface area contributed by atoms with Gasteiger partial charge in [-0.15, -0.1) is 0 Å². The predicted octanol–water partition coefficient (Wildman–Crippen LogP) is 4.91. The molecule has 2 aromatic carbocycles. The average molecular weight is 410 g/mol. The van der Waals surface area contributed by atoms with Crippen LogP contribution in [0.5, 0.6) is 0 Å². The summed E-state index contributed by atoms with van der Waals surface area (Å²) in [7, 11) is 0. The van der Waals surface area contributed by atoms with Crippen molar-refractivity contribution in [2.75, 3.05) is 0 Å². The summed E-state index contributed by atoms with van der Waals surface area (Å²) in [5, 5.41) is 10.1. The first kappa shape index (κ1) is 15.5. The Kier molecular flexibility index (Phi) is 4.88. The molecule has 0 radical (unpaired) electrons. The molecule has 106 valence electrons. The van der Waals surface area contributed by atoms with Gasteiger partial charge in [0, 0.05) is 10.9 Å². The van der Waals surface area contributed by atoms with Crippen LogP contribution in [0, 0.1) is 17.5 Å². The number of hydrogen-bond acceptors (Lipinski definition) is 1. The molecule has 0 saturated carbocycles. The fraction of sp³-hybridized carbons (Fsp3) is 0.143. The molecule has 0 aliphatic heterocycles. The first-order chi connectivity index (χ1) is 9.40. The van der Waals surface area contributed by atoms with Gasteiger partial charge in [0.15, 0.2) is 11.6 Å². The number of aliphatic hydroxyl groups is 1. The summed E-state index contributed by atoms with van der Waals surface area (Å²) in [6, 6.07) is 6.64. The van der Waals surface area contributed by atoms with Crippen molar-refractivity contribution in [3.05, 3.63) is 67.9 Å². The summed E-state index contributed by atoms with van der Waals surface area (Å²) in [5.41, 5.74) is 0.462. The van der Waals surface area contributed by atoms with Crippen molar-refractivity contribution in [3.63, 3.8) is 0 Å². The molecule has 0 amide bonds. The molecule has 0 spiro atoms. The van der Waals surface area contributed by atoms with E-state index in [1.807, 2.05) is 0 Å². The molecule has 1 atom stereocenters. The van der Waals surface area contributed by atoms with Gasteiger partial charge in [-0.25, -0.2) is 13.2 Å². The van der Waals surface area contributed by atoms with Crippen molar-refractivity contribution in [2.45, 2.75) is 12.5 Å². The molecular formula is C14H9Br2F3O. The van der Waals surface area contributed by atoms with Crippen LogP contribution in [0.1, 0.15) is 17.2 Å².